The third-order valence-electron chi connectivity index (χ3n) is 6.28. The van der Waals surface area contributed by atoms with Crippen LogP contribution in [0.5, 0.6) is 5.75 Å². The van der Waals surface area contributed by atoms with Crippen LogP contribution in [-0.2, 0) is 19.3 Å². The smallest absolute Gasteiger partial charge is 0.403 e. The maximum absolute atomic E-state index is 15.3. The molecule has 1 aliphatic rings. The van der Waals surface area contributed by atoms with Crippen LogP contribution in [0, 0.1) is 29.1 Å². The summed E-state index contributed by atoms with van der Waals surface area (Å²) in [6.45, 7) is 2.02. The molecule has 0 saturated heterocycles. The molecule has 0 amide bonds. The Kier molecular flexibility index (Phi) is 7.62. The molecule has 0 atom stereocenters. The van der Waals surface area contributed by atoms with E-state index in [0.717, 1.165) is 31.4 Å². The Morgan fingerprint density at radius 3 is 2.11 bits per heavy atom. The number of aryl methyl sites for hydroxylation is 1. The van der Waals surface area contributed by atoms with E-state index in [9.17, 15) is 30.7 Å². The minimum atomic E-state index is -5.14. The lowest BCUT2D eigenvalue weighted by atomic mass is 9.85. The summed E-state index contributed by atoms with van der Waals surface area (Å²) in [7, 11) is 0. The summed E-state index contributed by atoms with van der Waals surface area (Å²) < 4.78 is 115. The molecule has 0 heterocycles. The first-order chi connectivity index (χ1) is 17.5. The van der Waals surface area contributed by atoms with Gasteiger partial charge in [0.15, 0.2) is 11.6 Å². The van der Waals surface area contributed by atoms with Crippen molar-refractivity contribution in [3.63, 3.8) is 0 Å². The van der Waals surface area contributed by atoms with Crippen LogP contribution in [0.3, 0.4) is 0 Å². The quantitative estimate of drug-likeness (QED) is 0.221. The van der Waals surface area contributed by atoms with Gasteiger partial charge >= 0.3 is 6.36 Å². The molecule has 0 N–H and O–H groups in total. The highest BCUT2D eigenvalue weighted by Gasteiger charge is 2.33. The fraction of sp³-hybridized carbons (Fsp3) is 0.286. The maximum atomic E-state index is 15.3. The van der Waals surface area contributed by atoms with Crippen molar-refractivity contribution < 1.29 is 39.9 Å². The monoisotopic (exact) mass is 526 g/mol. The normalized spacial score (nSPS) is 13.4. The summed E-state index contributed by atoms with van der Waals surface area (Å²) in [5, 5.41) is 0. The molecule has 37 heavy (non-hydrogen) atoms. The Morgan fingerprint density at radius 1 is 0.811 bits per heavy atom. The highest BCUT2D eigenvalue weighted by atomic mass is 19.4. The average molecular weight is 526 g/mol. The molecule has 1 aliphatic carbocycles. The SMILES string of the molecule is CCCCCc1cc(F)c(C2=CCc3c(cc(F)c(-c4ccc(OC(F)(F)F)c(F)c4)c3F)C2)c(F)c1. The Hall–Kier alpha value is -3.36. The number of hydrogen-bond donors (Lipinski definition) is 0. The molecule has 9 heteroatoms. The van der Waals surface area contributed by atoms with Gasteiger partial charge in [0.1, 0.15) is 23.3 Å². The van der Waals surface area contributed by atoms with Crippen LogP contribution in [-0.4, -0.2) is 6.36 Å². The largest absolute Gasteiger partial charge is 0.573 e. The lowest BCUT2D eigenvalue weighted by Gasteiger charge is -2.21. The maximum Gasteiger partial charge on any atom is 0.573 e. The van der Waals surface area contributed by atoms with Crippen LogP contribution in [0.4, 0.5) is 35.1 Å². The first-order valence-electron chi connectivity index (χ1n) is 11.7. The van der Waals surface area contributed by atoms with Gasteiger partial charge in [-0.2, -0.15) is 0 Å². The summed E-state index contributed by atoms with van der Waals surface area (Å²) in [6, 6.07) is 5.63. The second kappa shape index (κ2) is 10.6. The number of benzene rings is 3. The second-order valence-corrected chi connectivity index (χ2v) is 8.88. The highest BCUT2D eigenvalue weighted by molar-refractivity contribution is 5.74. The first kappa shape index (κ1) is 26.7. The highest BCUT2D eigenvalue weighted by Crippen LogP contribution is 2.38. The van der Waals surface area contributed by atoms with Crippen LogP contribution < -0.4 is 4.74 Å². The molecule has 4 rings (SSSR count). The number of fused-ring (bicyclic) bond motifs is 1. The van der Waals surface area contributed by atoms with Crippen LogP contribution in [0.15, 0.2) is 42.5 Å². The molecular formula is C28H22F8O. The minimum Gasteiger partial charge on any atom is -0.403 e. The van der Waals surface area contributed by atoms with Crippen molar-refractivity contribution in [3.8, 4) is 16.9 Å². The van der Waals surface area contributed by atoms with Gasteiger partial charge in [0.05, 0.1) is 5.56 Å². The molecule has 0 saturated carbocycles. The standard InChI is InChI=1S/C28H22F8O/c1-2-3-4-5-15-10-21(30)25(22(31)11-15)16-6-8-19-18(12-16)14-23(32)26(27(19)33)17-7-9-24(20(29)13-17)37-28(34,35)36/h6-7,9-11,13-14H,2-5,8,12H2,1H3. The summed E-state index contributed by atoms with van der Waals surface area (Å²) in [4.78, 5) is 0. The molecule has 0 aromatic heterocycles. The minimum absolute atomic E-state index is 0.0492. The summed E-state index contributed by atoms with van der Waals surface area (Å²) in [5.74, 6) is -6.21. The second-order valence-electron chi connectivity index (χ2n) is 8.88. The predicted octanol–water partition coefficient (Wildman–Crippen LogP) is 8.86. The zero-order chi connectivity index (χ0) is 26.9. The van der Waals surface area contributed by atoms with Crippen LogP contribution >= 0.6 is 0 Å². The molecule has 196 valence electrons. The van der Waals surface area contributed by atoms with Gasteiger partial charge in [-0.25, -0.2) is 22.0 Å². The molecule has 0 aliphatic heterocycles. The Bertz CT molecular complexity index is 1330. The predicted molar refractivity (Wildman–Crippen MR) is 123 cm³/mol. The van der Waals surface area contributed by atoms with E-state index >= 15 is 4.39 Å². The summed E-state index contributed by atoms with van der Waals surface area (Å²) >= 11 is 0. The summed E-state index contributed by atoms with van der Waals surface area (Å²) in [6.07, 6.45) is -0.700. The van der Waals surface area contributed by atoms with Crippen molar-refractivity contribution in [2.24, 2.45) is 0 Å². The van der Waals surface area contributed by atoms with Crippen LogP contribution in [0.1, 0.15) is 48.4 Å². The third kappa shape index (κ3) is 5.81. The number of hydrogen-bond acceptors (Lipinski definition) is 1. The van der Waals surface area contributed by atoms with Gasteiger partial charge in [-0.3, -0.25) is 0 Å². The molecule has 0 bridgehead atoms. The molecule has 0 fully saturated rings. The molecule has 3 aromatic carbocycles. The van der Waals surface area contributed by atoms with E-state index in [2.05, 4.69) is 4.74 Å². The zero-order valence-electron chi connectivity index (χ0n) is 19.7. The molecule has 1 nitrogen and oxygen atoms in total. The van der Waals surface area contributed by atoms with Crippen LogP contribution in [0.2, 0.25) is 0 Å². The molecule has 0 unspecified atom stereocenters. The van der Waals surface area contributed by atoms with Gasteiger partial charge in [-0.1, -0.05) is 31.9 Å². The fourth-order valence-corrected chi connectivity index (χ4v) is 4.56. The number of alkyl halides is 3. The first-order valence-corrected chi connectivity index (χ1v) is 11.7. The average Bonchev–Trinajstić information content (AvgIpc) is 2.79. The number of halogens is 8. The van der Waals surface area contributed by atoms with Crippen molar-refractivity contribution in [2.45, 2.75) is 51.8 Å². The molecule has 3 aromatic rings. The van der Waals surface area contributed by atoms with Crippen molar-refractivity contribution in [2.75, 3.05) is 0 Å². The zero-order valence-corrected chi connectivity index (χ0v) is 19.7. The van der Waals surface area contributed by atoms with Crippen LogP contribution in [0.25, 0.3) is 16.7 Å². The number of unbranched alkanes of at least 4 members (excludes halogenated alkanes) is 2. The van der Waals surface area contributed by atoms with Gasteiger partial charge in [0, 0.05) is 5.56 Å². The number of ether oxygens (including phenoxy) is 1. The van der Waals surface area contributed by atoms with Gasteiger partial charge < -0.3 is 4.74 Å². The van der Waals surface area contributed by atoms with Gasteiger partial charge in [-0.05, 0) is 83.8 Å². The molecule has 0 spiro atoms. The van der Waals surface area contributed by atoms with Crippen molar-refractivity contribution >= 4 is 5.57 Å². The van der Waals surface area contributed by atoms with E-state index in [0.29, 0.717) is 24.1 Å². The van der Waals surface area contributed by atoms with Gasteiger partial charge in [0.2, 0.25) is 0 Å². The Balaban J connectivity index is 1.64. The van der Waals surface area contributed by atoms with Crippen molar-refractivity contribution in [1.82, 2.24) is 0 Å². The Morgan fingerprint density at radius 2 is 1.49 bits per heavy atom. The Labute approximate surface area is 208 Å². The van der Waals surface area contributed by atoms with E-state index in [1.54, 1.807) is 0 Å². The molecular weight excluding hydrogens is 504 g/mol. The van der Waals surface area contributed by atoms with Gasteiger partial charge in [-0.15, -0.1) is 13.2 Å². The van der Waals surface area contributed by atoms with Crippen molar-refractivity contribution in [1.29, 1.82) is 0 Å². The van der Waals surface area contributed by atoms with E-state index < -0.39 is 46.8 Å². The van der Waals surface area contributed by atoms with Crippen molar-refractivity contribution in [3.05, 3.63) is 93.8 Å². The number of allylic oxidation sites excluding steroid dienone is 2. The lowest BCUT2D eigenvalue weighted by molar-refractivity contribution is -0.275. The van der Waals surface area contributed by atoms with E-state index in [1.807, 2.05) is 6.92 Å². The third-order valence-corrected chi connectivity index (χ3v) is 6.28. The molecule has 0 radical (unpaired) electrons. The topological polar surface area (TPSA) is 9.23 Å². The van der Waals surface area contributed by atoms with E-state index in [-0.39, 0.29) is 40.7 Å². The fourth-order valence-electron chi connectivity index (χ4n) is 4.56. The van der Waals surface area contributed by atoms with E-state index in [4.69, 9.17) is 0 Å². The van der Waals surface area contributed by atoms with E-state index in [1.165, 1.54) is 18.2 Å². The van der Waals surface area contributed by atoms with Gasteiger partial charge in [0.25, 0.3) is 0 Å². The number of rotatable bonds is 7. The lowest BCUT2D eigenvalue weighted by Crippen LogP contribution is -2.18. The summed E-state index contributed by atoms with van der Waals surface area (Å²) in [5.41, 5.74) is -0.208.